The number of halogens is 1. The summed E-state index contributed by atoms with van der Waals surface area (Å²) in [6.07, 6.45) is 2.35. The van der Waals surface area contributed by atoms with Crippen molar-refractivity contribution < 1.29 is 18.7 Å². The minimum atomic E-state index is -0.665. The van der Waals surface area contributed by atoms with Gasteiger partial charge in [-0.3, -0.25) is 9.59 Å². The topological polar surface area (TPSA) is 58.6 Å². The Kier molecular flexibility index (Phi) is 7.36. The summed E-state index contributed by atoms with van der Waals surface area (Å²) in [5.74, 6) is -0.748. The summed E-state index contributed by atoms with van der Waals surface area (Å²) >= 11 is 0. The fourth-order valence-electron chi connectivity index (χ4n) is 3.55. The molecule has 2 aromatic rings. The van der Waals surface area contributed by atoms with Gasteiger partial charge < -0.3 is 15.0 Å². The maximum atomic E-state index is 13.2. The Morgan fingerprint density at radius 1 is 1.14 bits per heavy atom. The van der Waals surface area contributed by atoms with Crippen molar-refractivity contribution in [3.05, 3.63) is 71.5 Å². The molecule has 154 valence electrons. The summed E-state index contributed by atoms with van der Waals surface area (Å²) in [6, 6.07) is 14.9. The molecular formula is C23H27FN2O3. The number of carbonyl (C=O) groups is 2. The van der Waals surface area contributed by atoms with E-state index in [4.69, 9.17) is 4.74 Å². The fraction of sp³-hybridized carbons (Fsp3) is 0.391. The second kappa shape index (κ2) is 10.2. The Hall–Kier alpha value is -2.73. The van der Waals surface area contributed by atoms with E-state index in [9.17, 15) is 14.0 Å². The van der Waals surface area contributed by atoms with Crippen LogP contribution in [0.4, 0.5) is 4.39 Å². The zero-order chi connectivity index (χ0) is 20.6. The molecule has 2 unspecified atom stereocenters. The predicted octanol–water partition coefficient (Wildman–Crippen LogP) is 3.08. The van der Waals surface area contributed by atoms with Crippen LogP contribution in [0.15, 0.2) is 54.6 Å². The Morgan fingerprint density at radius 2 is 1.86 bits per heavy atom. The van der Waals surface area contributed by atoms with Crippen LogP contribution in [-0.2, 0) is 27.3 Å². The third-order valence-corrected chi connectivity index (χ3v) is 5.15. The van der Waals surface area contributed by atoms with Gasteiger partial charge in [-0.2, -0.15) is 0 Å². The van der Waals surface area contributed by atoms with Crippen molar-refractivity contribution in [2.24, 2.45) is 0 Å². The van der Waals surface area contributed by atoms with Gasteiger partial charge >= 0.3 is 0 Å². The summed E-state index contributed by atoms with van der Waals surface area (Å²) in [5, 5.41) is 2.96. The molecule has 0 aliphatic carbocycles. The largest absolute Gasteiger partial charge is 0.376 e. The van der Waals surface area contributed by atoms with E-state index in [2.05, 4.69) is 5.32 Å². The molecule has 1 fully saturated rings. The van der Waals surface area contributed by atoms with E-state index < -0.39 is 6.04 Å². The minimum absolute atomic E-state index is 0.0270. The predicted molar refractivity (Wildman–Crippen MR) is 109 cm³/mol. The van der Waals surface area contributed by atoms with Gasteiger partial charge in [-0.1, -0.05) is 42.5 Å². The van der Waals surface area contributed by atoms with Crippen LogP contribution < -0.4 is 5.32 Å². The van der Waals surface area contributed by atoms with Crippen molar-refractivity contribution in [2.75, 3.05) is 13.2 Å². The third kappa shape index (κ3) is 6.12. The van der Waals surface area contributed by atoms with Gasteiger partial charge in [-0.25, -0.2) is 4.39 Å². The normalized spacial score (nSPS) is 17.0. The van der Waals surface area contributed by atoms with Crippen LogP contribution in [0.1, 0.15) is 30.9 Å². The molecular weight excluding hydrogens is 371 g/mol. The molecule has 1 saturated heterocycles. The van der Waals surface area contributed by atoms with Gasteiger partial charge in [0.15, 0.2) is 0 Å². The molecule has 0 aromatic heterocycles. The van der Waals surface area contributed by atoms with E-state index in [1.54, 1.807) is 17.0 Å². The molecule has 29 heavy (non-hydrogen) atoms. The molecule has 1 aliphatic heterocycles. The summed E-state index contributed by atoms with van der Waals surface area (Å²) < 4.78 is 18.8. The molecule has 2 aromatic carbocycles. The minimum Gasteiger partial charge on any atom is -0.376 e. The lowest BCUT2D eigenvalue weighted by atomic mass is 10.0. The molecule has 0 radical (unpaired) electrons. The first kappa shape index (κ1) is 21.0. The molecule has 1 heterocycles. The SMILES string of the molecule is CC(=O)N(Cc1ccc(F)cc1)C(Cc1ccccc1)C(=O)NCC1CCCO1. The van der Waals surface area contributed by atoms with E-state index in [-0.39, 0.29) is 30.3 Å². The molecule has 0 saturated carbocycles. The average molecular weight is 398 g/mol. The number of benzene rings is 2. The molecule has 1 aliphatic rings. The first-order valence-electron chi connectivity index (χ1n) is 9.98. The highest BCUT2D eigenvalue weighted by Crippen LogP contribution is 2.16. The third-order valence-electron chi connectivity index (χ3n) is 5.15. The van der Waals surface area contributed by atoms with Crippen LogP contribution in [0, 0.1) is 5.82 Å². The van der Waals surface area contributed by atoms with Crippen molar-refractivity contribution in [2.45, 2.75) is 44.9 Å². The number of rotatable bonds is 8. The number of hydrogen-bond acceptors (Lipinski definition) is 3. The van der Waals surface area contributed by atoms with Gasteiger partial charge in [0.2, 0.25) is 11.8 Å². The van der Waals surface area contributed by atoms with Crippen LogP contribution in [0.3, 0.4) is 0 Å². The molecule has 2 amide bonds. The van der Waals surface area contributed by atoms with Crippen molar-refractivity contribution >= 4 is 11.8 Å². The molecule has 1 N–H and O–H groups in total. The number of hydrogen-bond donors (Lipinski definition) is 1. The number of carbonyl (C=O) groups excluding carboxylic acids is 2. The van der Waals surface area contributed by atoms with E-state index >= 15 is 0 Å². The average Bonchev–Trinajstić information content (AvgIpc) is 3.24. The maximum absolute atomic E-state index is 13.2. The van der Waals surface area contributed by atoms with Gasteiger partial charge in [0.1, 0.15) is 11.9 Å². The molecule has 3 rings (SSSR count). The molecule has 5 nitrogen and oxygen atoms in total. The van der Waals surface area contributed by atoms with Gasteiger partial charge in [0.05, 0.1) is 6.10 Å². The lowest BCUT2D eigenvalue weighted by molar-refractivity contribution is -0.139. The lowest BCUT2D eigenvalue weighted by Crippen LogP contribution is -2.51. The monoisotopic (exact) mass is 398 g/mol. The fourth-order valence-corrected chi connectivity index (χ4v) is 3.55. The van der Waals surface area contributed by atoms with Crippen molar-refractivity contribution in [3.63, 3.8) is 0 Å². The van der Waals surface area contributed by atoms with Crippen molar-refractivity contribution in [1.82, 2.24) is 10.2 Å². The zero-order valence-electron chi connectivity index (χ0n) is 16.6. The van der Waals surface area contributed by atoms with E-state index in [1.165, 1.54) is 19.1 Å². The van der Waals surface area contributed by atoms with E-state index in [1.807, 2.05) is 30.3 Å². The molecule has 0 bridgehead atoms. The van der Waals surface area contributed by atoms with Crippen molar-refractivity contribution in [3.8, 4) is 0 Å². The van der Waals surface area contributed by atoms with Gasteiger partial charge in [-0.05, 0) is 36.1 Å². The Labute approximate surface area is 170 Å². The number of amides is 2. The summed E-state index contributed by atoms with van der Waals surface area (Å²) in [7, 11) is 0. The first-order valence-corrected chi connectivity index (χ1v) is 9.98. The highest BCUT2D eigenvalue weighted by Gasteiger charge is 2.29. The van der Waals surface area contributed by atoms with E-state index in [0.717, 1.165) is 30.6 Å². The highest BCUT2D eigenvalue weighted by atomic mass is 19.1. The summed E-state index contributed by atoms with van der Waals surface area (Å²) in [4.78, 5) is 27.1. The van der Waals surface area contributed by atoms with Gasteiger partial charge in [0, 0.05) is 33.0 Å². The van der Waals surface area contributed by atoms with E-state index in [0.29, 0.717) is 13.0 Å². The van der Waals surface area contributed by atoms with Crippen molar-refractivity contribution in [1.29, 1.82) is 0 Å². The first-order chi connectivity index (χ1) is 14.0. The number of ether oxygens (including phenoxy) is 1. The molecule has 0 spiro atoms. The Bertz CT molecular complexity index is 805. The van der Waals surface area contributed by atoms with Gasteiger partial charge in [-0.15, -0.1) is 0 Å². The smallest absolute Gasteiger partial charge is 0.243 e. The van der Waals surface area contributed by atoms with Gasteiger partial charge in [0.25, 0.3) is 0 Å². The maximum Gasteiger partial charge on any atom is 0.243 e. The zero-order valence-corrected chi connectivity index (χ0v) is 16.6. The second-order valence-electron chi connectivity index (χ2n) is 7.36. The summed E-state index contributed by atoms with van der Waals surface area (Å²) in [5.41, 5.74) is 1.74. The Balaban J connectivity index is 1.78. The number of nitrogens with zero attached hydrogens (tertiary/aromatic N) is 1. The molecule has 2 atom stereocenters. The second-order valence-corrected chi connectivity index (χ2v) is 7.36. The molecule has 6 heteroatoms. The van der Waals surface area contributed by atoms with Crippen LogP contribution in [-0.4, -0.2) is 42.0 Å². The standard InChI is InChI=1S/C23H27FN2O3/c1-17(27)26(16-19-9-11-20(24)12-10-19)22(14-18-6-3-2-4-7-18)23(28)25-15-21-8-5-13-29-21/h2-4,6-7,9-12,21-22H,5,8,13-16H2,1H3,(H,25,28). The quantitative estimate of drug-likeness (QED) is 0.744. The number of nitrogens with one attached hydrogen (secondary N) is 1. The van der Waals surface area contributed by atoms with Crippen LogP contribution >= 0.6 is 0 Å². The summed E-state index contributed by atoms with van der Waals surface area (Å²) in [6.45, 7) is 2.85. The van der Waals surface area contributed by atoms with Crippen LogP contribution in [0.5, 0.6) is 0 Å². The van der Waals surface area contributed by atoms with Crippen LogP contribution in [0.2, 0.25) is 0 Å². The Morgan fingerprint density at radius 3 is 2.48 bits per heavy atom. The lowest BCUT2D eigenvalue weighted by Gasteiger charge is -2.31. The van der Waals surface area contributed by atoms with Crippen LogP contribution in [0.25, 0.3) is 0 Å². The highest BCUT2D eigenvalue weighted by molar-refractivity contribution is 5.87.